The molecule has 0 bridgehead atoms. The Balaban J connectivity index is 1.77. The number of benzene rings is 2. The number of rotatable bonds is 2. The van der Waals surface area contributed by atoms with Gasteiger partial charge in [-0.2, -0.15) is 0 Å². The van der Waals surface area contributed by atoms with E-state index >= 15 is 0 Å². The molecule has 0 N–H and O–H groups in total. The second-order valence-electron chi connectivity index (χ2n) is 5.17. The Bertz CT molecular complexity index is 839. The van der Waals surface area contributed by atoms with Gasteiger partial charge in [-0.3, -0.25) is 9.69 Å². The van der Waals surface area contributed by atoms with Crippen molar-refractivity contribution in [1.82, 2.24) is 0 Å². The minimum absolute atomic E-state index is 0.148. The Labute approximate surface area is 141 Å². The van der Waals surface area contributed by atoms with Gasteiger partial charge in [-0.25, -0.2) is 0 Å². The number of halogens is 1. The molecule has 0 radical (unpaired) electrons. The maximum atomic E-state index is 12.3. The van der Waals surface area contributed by atoms with E-state index in [2.05, 4.69) is 34.1 Å². The zero-order valence-electron chi connectivity index (χ0n) is 11.6. The summed E-state index contributed by atoms with van der Waals surface area (Å²) in [5.74, 6) is 0.148. The van der Waals surface area contributed by atoms with Crippen molar-refractivity contribution >= 4 is 44.5 Å². The number of hydrogen-bond donors (Lipinski definition) is 0. The normalized spacial score (nSPS) is 13.5. The maximum absolute atomic E-state index is 12.3. The number of anilines is 2. The van der Waals surface area contributed by atoms with Crippen molar-refractivity contribution in [2.45, 2.75) is 6.42 Å². The molecule has 3 aromatic rings. The fourth-order valence-corrected chi connectivity index (χ4v) is 4.11. The number of para-hydroxylation sites is 1. The zero-order chi connectivity index (χ0) is 15.1. The molecule has 1 aliphatic heterocycles. The number of hydrogen-bond acceptors (Lipinski definition) is 2. The number of fused-ring (bicyclic) bond motifs is 1. The second-order valence-corrected chi connectivity index (χ2v) is 7.22. The molecule has 108 valence electrons. The number of carbonyl (C=O) groups is 1. The molecular weight excluding hydrogens is 358 g/mol. The van der Waals surface area contributed by atoms with E-state index in [4.69, 9.17) is 0 Å². The van der Waals surface area contributed by atoms with Crippen molar-refractivity contribution in [2.24, 2.45) is 0 Å². The lowest BCUT2D eigenvalue weighted by molar-refractivity contribution is -0.116. The molecule has 2 nitrogen and oxygen atoms in total. The van der Waals surface area contributed by atoms with Crippen LogP contribution in [-0.4, -0.2) is 5.91 Å². The summed E-state index contributed by atoms with van der Waals surface area (Å²) in [5.41, 5.74) is 3.15. The first-order valence-electron chi connectivity index (χ1n) is 6.99. The van der Waals surface area contributed by atoms with E-state index in [1.165, 1.54) is 10.4 Å². The van der Waals surface area contributed by atoms with Crippen LogP contribution in [0.1, 0.15) is 4.88 Å². The number of carbonyl (C=O) groups excluding carboxylic acids is 1. The van der Waals surface area contributed by atoms with Gasteiger partial charge in [0, 0.05) is 19.9 Å². The number of amides is 1. The third-order valence-electron chi connectivity index (χ3n) is 3.73. The average molecular weight is 370 g/mol. The van der Waals surface area contributed by atoms with Gasteiger partial charge in [0.15, 0.2) is 0 Å². The smallest absolute Gasteiger partial charge is 0.236 e. The van der Waals surface area contributed by atoms with Crippen LogP contribution in [0.3, 0.4) is 0 Å². The van der Waals surface area contributed by atoms with Crippen molar-refractivity contribution in [3.8, 4) is 10.4 Å². The molecule has 4 heteroatoms. The molecule has 1 amide bonds. The summed E-state index contributed by atoms with van der Waals surface area (Å²) < 4.78 is 1.07. The molecule has 1 aliphatic rings. The second kappa shape index (κ2) is 5.38. The third kappa shape index (κ3) is 2.28. The third-order valence-corrected chi connectivity index (χ3v) is 5.43. The monoisotopic (exact) mass is 369 g/mol. The first kappa shape index (κ1) is 13.7. The van der Waals surface area contributed by atoms with Crippen LogP contribution in [0.25, 0.3) is 10.4 Å². The zero-order valence-corrected chi connectivity index (χ0v) is 14.0. The minimum Gasteiger partial charge on any atom is -0.280 e. The first-order valence-corrected chi connectivity index (χ1v) is 8.60. The van der Waals surface area contributed by atoms with E-state index in [0.29, 0.717) is 6.42 Å². The molecule has 1 aromatic heterocycles. The van der Waals surface area contributed by atoms with Gasteiger partial charge >= 0.3 is 0 Å². The lowest BCUT2D eigenvalue weighted by Gasteiger charge is -2.16. The maximum Gasteiger partial charge on any atom is 0.236 e. The van der Waals surface area contributed by atoms with Gasteiger partial charge in [0.2, 0.25) is 5.91 Å². The van der Waals surface area contributed by atoms with Gasteiger partial charge in [-0.05, 0) is 35.9 Å². The Morgan fingerprint density at radius 1 is 1.00 bits per heavy atom. The van der Waals surface area contributed by atoms with E-state index in [0.717, 1.165) is 20.7 Å². The summed E-state index contributed by atoms with van der Waals surface area (Å²) in [7, 11) is 0. The summed E-state index contributed by atoms with van der Waals surface area (Å²) in [4.78, 5) is 16.5. The van der Waals surface area contributed by atoms with Crippen molar-refractivity contribution < 1.29 is 4.79 Å². The first-order chi connectivity index (χ1) is 10.7. The Morgan fingerprint density at radius 2 is 1.73 bits per heavy atom. The predicted octanol–water partition coefficient (Wildman–Crippen LogP) is 5.40. The molecular formula is C18H12BrNOS. The minimum atomic E-state index is 0.148. The van der Waals surface area contributed by atoms with Crippen LogP contribution in [-0.2, 0) is 11.2 Å². The predicted molar refractivity (Wildman–Crippen MR) is 94.7 cm³/mol. The summed E-state index contributed by atoms with van der Waals surface area (Å²) in [5, 5.41) is 0. The van der Waals surface area contributed by atoms with Gasteiger partial charge in [-0.1, -0.05) is 46.3 Å². The molecule has 0 saturated heterocycles. The molecule has 22 heavy (non-hydrogen) atoms. The molecule has 0 aliphatic carbocycles. The van der Waals surface area contributed by atoms with Crippen molar-refractivity contribution in [3.63, 3.8) is 0 Å². The fraction of sp³-hybridized carbons (Fsp3) is 0.0556. The average Bonchev–Trinajstić information content (AvgIpc) is 3.05. The number of thiophene rings is 1. The van der Waals surface area contributed by atoms with Gasteiger partial charge in [-0.15, -0.1) is 11.3 Å². The standard InChI is InChI=1S/C18H12BrNOS/c19-13-8-6-12(7-9-13)16-10-15-17(22-16)11-18(21)20(15)14-4-2-1-3-5-14/h1-10H,11H2. The van der Waals surface area contributed by atoms with Crippen molar-refractivity contribution in [2.75, 3.05) is 4.90 Å². The highest BCUT2D eigenvalue weighted by Crippen LogP contribution is 2.44. The molecule has 0 saturated carbocycles. The highest BCUT2D eigenvalue weighted by Gasteiger charge is 2.31. The van der Waals surface area contributed by atoms with Gasteiger partial charge < -0.3 is 0 Å². The molecule has 2 aromatic carbocycles. The van der Waals surface area contributed by atoms with Gasteiger partial charge in [0.05, 0.1) is 12.1 Å². The summed E-state index contributed by atoms with van der Waals surface area (Å²) in [6.45, 7) is 0. The molecule has 0 atom stereocenters. The highest BCUT2D eigenvalue weighted by atomic mass is 79.9. The van der Waals surface area contributed by atoms with Crippen LogP contribution in [0.2, 0.25) is 0 Å². The van der Waals surface area contributed by atoms with E-state index in [-0.39, 0.29) is 5.91 Å². The summed E-state index contributed by atoms with van der Waals surface area (Å²) in [6, 6.07) is 20.2. The van der Waals surface area contributed by atoms with Crippen LogP contribution in [0.15, 0.2) is 65.1 Å². The largest absolute Gasteiger partial charge is 0.280 e. The van der Waals surface area contributed by atoms with E-state index in [1.54, 1.807) is 11.3 Å². The molecule has 0 unspecified atom stereocenters. The Morgan fingerprint density at radius 3 is 2.45 bits per heavy atom. The fourth-order valence-electron chi connectivity index (χ4n) is 2.70. The summed E-state index contributed by atoms with van der Waals surface area (Å²) >= 11 is 5.17. The number of nitrogens with zero attached hydrogens (tertiary/aromatic N) is 1. The Hall–Kier alpha value is -1.91. The molecule has 0 fully saturated rings. The molecule has 4 rings (SSSR count). The molecule has 0 spiro atoms. The lowest BCUT2D eigenvalue weighted by Crippen LogP contribution is -2.20. The van der Waals surface area contributed by atoms with Crippen LogP contribution < -0.4 is 4.90 Å². The van der Waals surface area contributed by atoms with E-state index < -0.39 is 0 Å². The van der Waals surface area contributed by atoms with Crippen LogP contribution in [0.5, 0.6) is 0 Å². The topological polar surface area (TPSA) is 20.3 Å². The lowest BCUT2D eigenvalue weighted by atomic mass is 10.2. The van der Waals surface area contributed by atoms with E-state index in [1.807, 2.05) is 47.4 Å². The van der Waals surface area contributed by atoms with Crippen LogP contribution in [0, 0.1) is 0 Å². The van der Waals surface area contributed by atoms with Crippen molar-refractivity contribution in [1.29, 1.82) is 0 Å². The van der Waals surface area contributed by atoms with Crippen LogP contribution in [0.4, 0.5) is 11.4 Å². The van der Waals surface area contributed by atoms with E-state index in [9.17, 15) is 4.79 Å². The SMILES string of the molecule is O=C1Cc2sc(-c3ccc(Br)cc3)cc2N1c1ccccc1. The Kier molecular flexibility index (Phi) is 3.36. The van der Waals surface area contributed by atoms with Gasteiger partial charge in [0.1, 0.15) is 0 Å². The highest BCUT2D eigenvalue weighted by molar-refractivity contribution is 9.10. The summed E-state index contributed by atoms with van der Waals surface area (Å²) in [6.07, 6.45) is 0.491. The van der Waals surface area contributed by atoms with Crippen molar-refractivity contribution in [3.05, 3.63) is 70.0 Å². The van der Waals surface area contributed by atoms with Crippen LogP contribution >= 0.6 is 27.3 Å². The molecule has 2 heterocycles. The quantitative estimate of drug-likeness (QED) is 0.592. The van der Waals surface area contributed by atoms with Gasteiger partial charge in [0.25, 0.3) is 0 Å².